The molecule has 0 unspecified atom stereocenters. The summed E-state index contributed by atoms with van der Waals surface area (Å²) in [6.07, 6.45) is 5.29. The van der Waals surface area contributed by atoms with Gasteiger partial charge in [0.05, 0.1) is 24.5 Å². The Kier molecular flexibility index (Phi) is 2.34. The zero-order valence-electron chi connectivity index (χ0n) is 8.58. The van der Waals surface area contributed by atoms with Crippen LogP contribution in [-0.2, 0) is 4.79 Å². The van der Waals surface area contributed by atoms with Gasteiger partial charge in [-0.05, 0) is 18.6 Å². The molecule has 0 aromatic heterocycles. The number of hydrogen-bond donors (Lipinski definition) is 1. The van der Waals surface area contributed by atoms with Gasteiger partial charge in [0.1, 0.15) is 0 Å². The monoisotopic (exact) mass is 200 g/mol. The summed E-state index contributed by atoms with van der Waals surface area (Å²) < 4.78 is 0. The van der Waals surface area contributed by atoms with Crippen LogP contribution in [0.3, 0.4) is 0 Å². The fourth-order valence-electron chi connectivity index (χ4n) is 1.87. The van der Waals surface area contributed by atoms with Crippen molar-refractivity contribution in [2.75, 3.05) is 23.3 Å². The largest absolute Gasteiger partial charge is 0.349 e. The van der Waals surface area contributed by atoms with Gasteiger partial charge in [0, 0.05) is 0 Å². The van der Waals surface area contributed by atoms with Gasteiger partial charge in [-0.15, -0.1) is 6.42 Å². The van der Waals surface area contributed by atoms with E-state index in [9.17, 15) is 4.79 Å². The first-order valence-corrected chi connectivity index (χ1v) is 4.80. The number of para-hydroxylation sites is 1. The lowest BCUT2D eigenvalue weighted by molar-refractivity contribution is -0.115. The highest BCUT2D eigenvalue weighted by atomic mass is 16.2. The van der Waals surface area contributed by atoms with E-state index >= 15 is 0 Å². The highest BCUT2D eigenvalue weighted by molar-refractivity contribution is 6.01. The summed E-state index contributed by atoms with van der Waals surface area (Å²) in [5, 5.41) is 2.84. The summed E-state index contributed by atoms with van der Waals surface area (Å²) in [5.41, 5.74) is 3.01. The Morgan fingerprint density at radius 1 is 1.60 bits per heavy atom. The van der Waals surface area contributed by atoms with E-state index in [1.807, 2.05) is 30.0 Å². The van der Waals surface area contributed by atoms with E-state index in [2.05, 4.69) is 11.2 Å². The number of hydrogen-bond acceptors (Lipinski definition) is 2. The van der Waals surface area contributed by atoms with Crippen LogP contribution in [0.5, 0.6) is 0 Å². The number of fused-ring (bicyclic) bond motifs is 1. The van der Waals surface area contributed by atoms with Crippen LogP contribution in [0.2, 0.25) is 0 Å². The second kappa shape index (κ2) is 3.66. The third kappa shape index (κ3) is 1.66. The number of nitrogens with zero attached hydrogens (tertiary/aromatic N) is 1. The first-order valence-electron chi connectivity index (χ1n) is 4.80. The molecular formula is C12H12N2O. The van der Waals surface area contributed by atoms with Crippen molar-refractivity contribution < 1.29 is 4.79 Å². The molecule has 0 saturated heterocycles. The highest BCUT2D eigenvalue weighted by Crippen LogP contribution is 2.32. The number of rotatable bonds is 1. The predicted molar refractivity (Wildman–Crippen MR) is 60.9 cm³/mol. The Hall–Kier alpha value is -1.95. The van der Waals surface area contributed by atoms with Crippen molar-refractivity contribution in [1.29, 1.82) is 0 Å². The standard InChI is InChI=1S/C12H12N2O/c1-3-7-14-8-11(15)13-10-6-4-5-9(2)12(10)14/h1,4-6H,7-8H2,2H3,(H,13,15). The van der Waals surface area contributed by atoms with Gasteiger partial charge < -0.3 is 10.2 Å². The molecule has 1 N–H and O–H groups in total. The molecule has 2 rings (SSSR count). The van der Waals surface area contributed by atoms with Gasteiger partial charge in [0.25, 0.3) is 0 Å². The highest BCUT2D eigenvalue weighted by Gasteiger charge is 2.22. The Morgan fingerprint density at radius 3 is 3.13 bits per heavy atom. The summed E-state index contributed by atoms with van der Waals surface area (Å²) in [6, 6.07) is 5.83. The molecule has 1 aromatic rings. The normalized spacial score (nSPS) is 14.1. The number of carbonyl (C=O) groups is 1. The summed E-state index contributed by atoms with van der Waals surface area (Å²) in [6.45, 7) is 2.81. The van der Waals surface area contributed by atoms with Gasteiger partial charge in [-0.3, -0.25) is 4.79 Å². The molecule has 3 heteroatoms. The number of terminal acetylenes is 1. The van der Waals surface area contributed by atoms with Crippen molar-refractivity contribution in [1.82, 2.24) is 0 Å². The molecule has 0 bridgehead atoms. The molecule has 15 heavy (non-hydrogen) atoms. The maximum Gasteiger partial charge on any atom is 0.243 e. The van der Waals surface area contributed by atoms with Gasteiger partial charge >= 0.3 is 0 Å². The lowest BCUT2D eigenvalue weighted by Crippen LogP contribution is -2.38. The van der Waals surface area contributed by atoms with Crippen LogP contribution in [0.4, 0.5) is 11.4 Å². The topological polar surface area (TPSA) is 32.3 Å². The summed E-state index contributed by atoms with van der Waals surface area (Å²) in [4.78, 5) is 13.3. The predicted octanol–water partition coefficient (Wildman–Crippen LogP) is 1.39. The van der Waals surface area contributed by atoms with E-state index in [-0.39, 0.29) is 5.91 Å². The molecule has 1 aliphatic heterocycles. The molecule has 76 valence electrons. The maximum absolute atomic E-state index is 11.4. The van der Waals surface area contributed by atoms with Gasteiger partial charge in [-0.2, -0.15) is 0 Å². The van der Waals surface area contributed by atoms with Crippen molar-refractivity contribution >= 4 is 17.3 Å². The average Bonchev–Trinajstić information content (AvgIpc) is 2.17. The molecular weight excluding hydrogens is 188 g/mol. The lowest BCUT2D eigenvalue weighted by atomic mass is 10.1. The van der Waals surface area contributed by atoms with Crippen molar-refractivity contribution in [3.8, 4) is 12.3 Å². The van der Waals surface area contributed by atoms with E-state index in [4.69, 9.17) is 6.42 Å². The number of nitrogens with one attached hydrogen (secondary N) is 1. The van der Waals surface area contributed by atoms with Crippen LogP contribution >= 0.6 is 0 Å². The maximum atomic E-state index is 11.4. The molecule has 1 aromatic carbocycles. The molecule has 1 aliphatic rings. The fourth-order valence-corrected chi connectivity index (χ4v) is 1.87. The molecule has 0 spiro atoms. The zero-order valence-corrected chi connectivity index (χ0v) is 8.58. The molecule has 1 heterocycles. The first kappa shape index (κ1) is 9.60. The van der Waals surface area contributed by atoms with Crippen molar-refractivity contribution in [2.24, 2.45) is 0 Å². The van der Waals surface area contributed by atoms with E-state index in [0.717, 1.165) is 16.9 Å². The Balaban J connectivity index is 2.48. The fraction of sp³-hybridized carbons (Fsp3) is 0.250. The minimum Gasteiger partial charge on any atom is -0.349 e. The minimum atomic E-state index is -0.0108. The van der Waals surface area contributed by atoms with E-state index in [1.54, 1.807) is 0 Å². The molecule has 1 amide bonds. The van der Waals surface area contributed by atoms with Gasteiger partial charge in [-0.1, -0.05) is 18.1 Å². The van der Waals surface area contributed by atoms with Crippen LogP contribution < -0.4 is 10.2 Å². The smallest absolute Gasteiger partial charge is 0.243 e. The Bertz CT molecular complexity index is 445. The molecule has 0 fully saturated rings. The summed E-state index contributed by atoms with van der Waals surface area (Å²) in [5.74, 6) is 2.56. The van der Waals surface area contributed by atoms with E-state index in [0.29, 0.717) is 13.1 Å². The van der Waals surface area contributed by atoms with Crippen LogP contribution in [0.15, 0.2) is 18.2 Å². The summed E-state index contributed by atoms with van der Waals surface area (Å²) in [7, 11) is 0. The molecule has 0 aliphatic carbocycles. The van der Waals surface area contributed by atoms with Gasteiger partial charge in [0.15, 0.2) is 0 Å². The van der Waals surface area contributed by atoms with E-state index in [1.165, 1.54) is 0 Å². The minimum absolute atomic E-state index is 0.0108. The van der Waals surface area contributed by atoms with Gasteiger partial charge in [0.2, 0.25) is 5.91 Å². The van der Waals surface area contributed by atoms with Crippen LogP contribution in [0.1, 0.15) is 5.56 Å². The van der Waals surface area contributed by atoms with Crippen molar-refractivity contribution in [2.45, 2.75) is 6.92 Å². The number of carbonyl (C=O) groups excluding carboxylic acids is 1. The molecule has 0 saturated carbocycles. The molecule has 0 atom stereocenters. The zero-order chi connectivity index (χ0) is 10.8. The summed E-state index contributed by atoms with van der Waals surface area (Å²) >= 11 is 0. The van der Waals surface area contributed by atoms with Crippen LogP contribution in [0.25, 0.3) is 0 Å². The lowest BCUT2D eigenvalue weighted by Gasteiger charge is -2.30. The van der Waals surface area contributed by atoms with E-state index < -0.39 is 0 Å². The number of amides is 1. The number of anilines is 2. The van der Waals surface area contributed by atoms with Crippen LogP contribution in [-0.4, -0.2) is 19.0 Å². The second-order valence-corrected chi connectivity index (χ2v) is 3.58. The SMILES string of the molecule is C#CCN1CC(=O)Nc2cccc(C)c21. The Morgan fingerprint density at radius 2 is 2.40 bits per heavy atom. The molecule has 0 radical (unpaired) electrons. The Labute approximate surface area is 89.1 Å². The molecule has 3 nitrogen and oxygen atoms in total. The van der Waals surface area contributed by atoms with Crippen molar-refractivity contribution in [3.63, 3.8) is 0 Å². The third-order valence-electron chi connectivity index (χ3n) is 2.44. The quantitative estimate of drug-likeness (QED) is 0.695. The first-order chi connectivity index (χ1) is 7.22. The second-order valence-electron chi connectivity index (χ2n) is 3.58. The third-order valence-corrected chi connectivity index (χ3v) is 2.44. The number of aryl methyl sites for hydroxylation is 1. The average molecular weight is 200 g/mol. The number of benzene rings is 1. The van der Waals surface area contributed by atoms with Gasteiger partial charge in [-0.25, -0.2) is 0 Å². The van der Waals surface area contributed by atoms with Crippen LogP contribution in [0, 0.1) is 19.3 Å². The van der Waals surface area contributed by atoms with Crippen molar-refractivity contribution in [3.05, 3.63) is 23.8 Å².